The maximum atomic E-state index is 11.7. The van der Waals surface area contributed by atoms with Crippen LogP contribution in [0.3, 0.4) is 0 Å². The summed E-state index contributed by atoms with van der Waals surface area (Å²) in [6.45, 7) is 13.5. The van der Waals surface area contributed by atoms with Crippen molar-refractivity contribution in [2.75, 3.05) is 109 Å². The van der Waals surface area contributed by atoms with Gasteiger partial charge in [0.25, 0.3) is 0 Å². The summed E-state index contributed by atoms with van der Waals surface area (Å²) < 4.78 is 32.5. The molecule has 3 N–H and O–H groups in total. The zero-order chi connectivity index (χ0) is 32.4. The largest absolute Gasteiger partial charge is 0.480 e. The monoisotopic (exact) mass is 648 g/mol. The lowest BCUT2D eigenvalue weighted by atomic mass is 10.3. The average Bonchev–Trinajstić information content (AvgIpc) is 3.05. The van der Waals surface area contributed by atoms with Crippen molar-refractivity contribution >= 4 is 41.2 Å². The van der Waals surface area contributed by atoms with Crippen LogP contribution in [0, 0.1) is 0 Å². The summed E-state index contributed by atoms with van der Waals surface area (Å²) in [6.07, 6.45) is 2.24. The van der Waals surface area contributed by atoms with Gasteiger partial charge in [0.2, 0.25) is 23.6 Å². The molecule has 0 atom stereocenters. The Morgan fingerprint density at radius 1 is 0.889 bits per heavy atom. The van der Waals surface area contributed by atoms with Gasteiger partial charge in [-0.05, 0) is 17.8 Å². The lowest BCUT2D eigenvalue weighted by Gasteiger charge is -2.34. The van der Waals surface area contributed by atoms with E-state index in [0.717, 1.165) is 43.5 Å². The summed E-state index contributed by atoms with van der Waals surface area (Å²) in [5, 5.41) is 2.82. The van der Waals surface area contributed by atoms with Crippen molar-refractivity contribution in [1.82, 2.24) is 24.8 Å². The third-order valence-corrected chi connectivity index (χ3v) is 7.04. The van der Waals surface area contributed by atoms with Crippen LogP contribution >= 0.6 is 11.8 Å². The van der Waals surface area contributed by atoms with Gasteiger partial charge in [0.05, 0.1) is 53.9 Å². The minimum Gasteiger partial charge on any atom is -0.480 e. The number of ether oxygens (including phenoxy) is 6. The van der Waals surface area contributed by atoms with Crippen LogP contribution in [0.5, 0.6) is 11.8 Å². The molecule has 0 unspecified atom stereocenters. The lowest BCUT2D eigenvalue weighted by molar-refractivity contribution is -0.139. The number of carbonyl (C=O) groups is 2. The SMILES string of the molecule is C=CC(=O)Nc1cc(N)nc(Sc2c(OC)nc(N3CCN(CCOCCOCCOCCOC(=O)C=C)CC3)nc2OC)n1. The van der Waals surface area contributed by atoms with Crippen LogP contribution in [0.4, 0.5) is 17.6 Å². The van der Waals surface area contributed by atoms with E-state index in [1.165, 1.54) is 20.3 Å². The zero-order valence-corrected chi connectivity index (χ0v) is 26.4. The van der Waals surface area contributed by atoms with Crippen molar-refractivity contribution in [2.45, 2.75) is 10.1 Å². The Morgan fingerprint density at radius 2 is 1.49 bits per heavy atom. The van der Waals surface area contributed by atoms with E-state index in [1.54, 1.807) is 0 Å². The predicted octanol–water partition coefficient (Wildman–Crippen LogP) is 1.04. The first-order valence-corrected chi connectivity index (χ1v) is 14.9. The van der Waals surface area contributed by atoms with Crippen molar-refractivity contribution in [3.63, 3.8) is 0 Å². The summed E-state index contributed by atoms with van der Waals surface area (Å²) in [5.41, 5.74) is 5.92. The van der Waals surface area contributed by atoms with Gasteiger partial charge in [0.1, 0.15) is 23.1 Å². The number of amides is 1. The molecule has 246 valence electrons. The second-order valence-electron chi connectivity index (χ2n) is 9.16. The van der Waals surface area contributed by atoms with E-state index in [0.29, 0.717) is 75.3 Å². The molecule has 1 fully saturated rings. The molecule has 45 heavy (non-hydrogen) atoms. The van der Waals surface area contributed by atoms with Crippen molar-refractivity contribution in [1.29, 1.82) is 0 Å². The van der Waals surface area contributed by atoms with Gasteiger partial charge >= 0.3 is 5.97 Å². The fraction of sp³-hybridized carbons (Fsp3) is 0.500. The normalized spacial score (nSPS) is 13.2. The van der Waals surface area contributed by atoms with Crippen LogP contribution in [-0.4, -0.2) is 130 Å². The van der Waals surface area contributed by atoms with Crippen LogP contribution in [0.1, 0.15) is 0 Å². The summed E-state index contributed by atoms with van der Waals surface area (Å²) >= 11 is 1.10. The van der Waals surface area contributed by atoms with Gasteiger partial charge < -0.3 is 44.4 Å². The minimum atomic E-state index is -0.467. The van der Waals surface area contributed by atoms with Crippen molar-refractivity contribution in [3.8, 4) is 11.8 Å². The highest BCUT2D eigenvalue weighted by Crippen LogP contribution is 2.40. The molecule has 16 nitrogen and oxygen atoms in total. The van der Waals surface area contributed by atoms with E-state index >= 15 is 0 Å². The molecule has 1 aliphatic rings. The molecule has 2 aromatic heterocycles. The first kappa shape index (κ1) is 35.4. The van der Waals surface area contributed by atoms with E-state index in [-0.39, 0.29) is 23.4 Å². The molecular formula is C28H40N8O8S. The molecule has 3 rings (SSSR count). The predicted molar refractivity (Wildman–Crippen MR) is 167 cm³/mol. The maximum Gasteiger partial charge on any atom is 0.330 e. The van der Waals surface area contributed by atoms with Crippen LogP contribution in [0.15, 0.2) is 41.4 Å². The Balaban J connectivity index is 1.41. The number of esters is 1. The number of anilines is 3. The molecule has 0 aromatic carbocycles. The number of nitrogens with two attached hydrogens (primary N) is 1. The lowest BCUT2D eigenvalue weighted by Crippen LogP contribution is -2.48. The molecule has 0 spiro atoms. The number of hydrogen-bond donors (Lipinski definition) is 2. The van der Waals surface area contributed by atoms with Gasteiger partial charge in [-0.1, -0.05) is 13.2 Å². The molecule has 17 heteroatoms. The minimum absolute atomic E-state index is 0.169. The zero-order valence-electron chi connectivity index (χ0n) is 25.6. The number of methoxy groups -OCH3 is 2. The number of hydrogen-bond acceptors (Lipinski definition) is 16. The summed E-state index contributed by atoms with van der Waals surface area (Å²) in [7, 11) is 3.02. The van der Waals surface area contributed by atoms with Gasteiger partial charge in [-0.2, -0.15) is 9.97 Å². The van der Waals surface area contributed by atoms with E-state index in [1.807, 2.05) is 0 Å². The number of rotatable bonds is 20. The maximum absolute atomic E-state index is 11.7. The fourth-order valence-electron chi connectivity index (χ4n) is 3.89. The molecule has 0 bridgehead atoms. The van der Waals surface area contributed by atoms with Crippen LogP contribution in [0.25, 0.3) is 0 Å². The second-order valence-corrected chi connectivity index (χ2v) is 10.1. The molecule has 1 aliphatic heterocycles. The Hall–Kier alpha value is -4.03. The Bertz CT molecular complexity index is 1250. The van der Waals surface area contributed by atoms with E-state index in [2.05, 4.69) is 48.2 Å². The number of piperazine rings is 1. The molecule has 1 saturated heterocycles. The van der Waals surface area contributed by atoms with Gasteiger partial charge in [-0.25, -0.2) is 14.8 Å². The van der Waals surface area contributed by atoms with Gasteiger partial charge in [0.15, 0.2) is 5.16 Å². The topological polar surface area (TPSA) is 186 Å². The molecule has 0 aliphatic carbocycles. The second kappa shape index (κ2) is 19.4. The molecule has 1 amide bonds. The first-order chi connectivity index (χ1) is 21.9. The van der Waals surface area contributed by atoms with E-state index in [9.17, 15) is 9.59 Å². The number of nitrogen functional groups attached to an aromatic ring is 1. The summed E-state index contributed by atoms with van der Waals surface area (Å²) in [6, 6.07) is 1.44. The third-order valence-electron chi connectivity index (χ3n) is 6.12. The molecule has 3 heterocycles. The van der Waals surface area contributed by atoms with Crippen LogP contribution < -0.4 is 25.4 Å². The Kier molecular flexibility index (Phi) is 15.3. The number of aromatic nitrogens is 4. The summed E-state index contributed by atoms with van der Waals surface area (Å²) in [5.74, 6) is 0.577. The Labute approximate surface area is 266 Å². The van der Waals surface area contributed by atoms with E-state index in [4.69, 9.17) is 34.2 Å². The Morgan fingerprint density at radius 3 is 2.07 bits per heavy atom. The highest BCUT2D eigenvalue weighted by Gasteiger charge is 2.24. The van der Waals surface area contributed by atoms with Crippen LogP contribution in [0.2, 0.25) is 0 Å². The summed E-state index contributed by atoms with van der Waals surface area (Å²) in [4.78, 5) is 45.3. The molecular weight excluding hydrogens is 608 g/mol. The van der Waals surface area contributed by atoms with Crippen molar-refractivity contribution in [2.24, 2.45) is 0 Å². The molecule has 0 saturated carbocycles. The molecule has 0 radical (unpaired) electrons. The van der Waals surface area contributed by atoms with Gasteiger partial charge in [-0.3, -0.25) is 9.69 Å². The standard InChI is InChI=1S/C28H40N8O8S/c1-5-22(37)31-21-19-20(29)30-28(32-21)45-24-25(39-3)33-27(34-26(24)40-4)36-9-7-35(8-10-36)11-12-41-13-14-42-15-16-43-17-18-44-23(38)6-2/h5-6,19H,1-2,7-18H2,3-4H3,(H3,29,30,31,32,37). The quantitative estimate of drug-likeness (QED) is 0.0897. The van der Waals surface area contributed by atoms with Crippen molar-refractivity contribution < 1.29 is 38.0 Å². The third kappa shape index (κ3) is 12.1. The van der Waals surface area contributed by atoms with Crippen LogP contribution in [-0.2, 0) is 28.5 Å². The average molecular weight is 649 g/mol. The smallest absolute Gasteiger partial charge is 0.330 e. The van der Waals surface area contributed by atoms with E-state index < -0.39 is 11.9 Å². The number of nitrogens with zero attached hydrogens (tertiary/aromatic N) is 6. The fourth-order valence-corrected chi connectivity index (χ4v) is 4.80. The first-order valence-electron chi connectivity index (χ1n) is 14.1. The number of nitrogens with one attached hydrogen (secondary N) is 1. The van der Waals surface area contributed by atoms with Gasteiger partial charge in [0, 0.05) is 44.9 Å². The number of carbonyl (C=O) groups excluding carboxylic acids is 2. The highest BCUT2D eigenvalue weighted by molar-refractivity contribution is 7.99. The van der Waals surface area contributed by atoms with Crippen molar-refractivity contribution in [3.05, 3.63) is 31.4 Å². The molecule has 2 aromatic rings. The van der Waals surface area contributed by atoms with Gasteiger partial charge in [-0.15, -0.1) is 0 Å². The highest BCUT2D eigenvalue weighted by atomic mass is 32.2.